The van der Waals surface area contributed by atoms with Gasteiger partial charge < -0.3 is 15.8 Å². The van der Waals surface area contributed by atoms with Crippen LogP contribution in [-0.2, 0) is 0 Å². The molecule has 0 fully saturated rings. The van der Waals surface area contributed by atoms with Crippen LogP contribution < -0.4 is 15.8 Å². The molecule has 30 heavy (non-hydrogen) atoms. The standard InChI is InChI=1S/C24H20N4O2/c1-2-16(14-25)17-5-3-6-18(11-17)24(29)28-21-7-4-8-22(13-21)30-23-10-9-20(27)12-19(23)15-26/h3-13,16H,2,27H2,1H3,(H,28,29). The van der Waals surface area contributed by atoms with Crippen LogP contribution in [-0.4, -0.2) is 5.91 Å². The van der Waals surface area contributed by atoms with Crippen molar-refractivity contribution in [2.75, 3.05) is 11.1 Å². The topological polar surface area (TPSA) is 112 Å². The number of ether oxygens (including phenoxy) is 1. The highest BCUT2D eigenvalue weighted by Crippen LogP contribution is 2.28. The van der Waals surface area contributed by atoms with Gasteiger partial charge in [0.1, 0.15) is 17.6 Å². The molecule has 3 aromatic rings. The van der Waals surface area contributed by atoms with Crippen LogP contribution in [0, 0.1) is 22.7 Å². The lowest BCUT2D eigenvalue weighted by Crippen LogP contribution is -2.12. The normalized spacial score (nSPS) is 11.0. The second-order valence-electron chi connectivity index (χ2n) is 6.67. The first kappa shape index (κ1) is 20.4. The number of nitriles is 2. The second kappa shape index (κ2) is 9.27. The van der Waals surface area contributed by atoms with Gasteiger partial charge in [-0.3, -0.25) is 4.79 Å². The van der Waals surface area contributed by atoms with Gasteiger partial charge in [0, 0.05) is 23.0 Å². The van der Waals surface area contributed by atoms with Crippen LogP contribution in [0.5, 0.6) is 11.5 Å². The molecule has 0 aliphatic rings. The van der Waals surface area contributed by atoms with E-state index >= 15 is 0 Å². The Morgan fingerprint density at radius 1 is 1.10 bits per heavy atom. The van der Waals surface area contributed by atoms with E-state index in [1.807, 2.05) is 13.0 Å². The Morgan fingerprint density at radius 2 is 1.90 bits per heavy atom. The van der Waals surface area contributed by atoms with Crippen LogP contribution in [0.2, 0.25) is 0 Å². The molecular weight excluding hydrogens is 376 g/mol. The minimum Gasteiger partial charge on any atom is -0.456 e. The van der Waals surface area contributed by atoms with Gasteiger partial charge in [-0.05, 0) is 54.4 Å². The predicted molar refractivity (Wildman–Crippen MR) is 115 cm³/mol. The van der Waals surface area contributed by atoms with Crippen LogP contribution in [0.15, 0.2) is 66.7 Å². The summed E-state index contributed by atoms with van der Waals surface area (Å²) in [6, 6.07) is 23.1. The molecule has 1 amide bonds. The second-order valence-corrected chi connectivity index (χ2v) is 6.67. The number of hydrogen-bond donors (Lipinski definition) is 2. The van der Waals surface area contributed by atoms with Crippen molar-refractivity contribution in [3.63, 3.8) is 0 Å². The summed E-state index contributed by atoms with van der Waals surface area (Å²) in [4.78, 5) is 12.7. The number of carbonyl (C=O) groups excluding carboxylic acids is 1. The molecule has 0 bridgehead atoms. The summed E-state index contributed by atoms with van der Waals surface area (Å²) in [5.41, 5.74) is 8.34. The Bertz CT molecular complexity index is 1160. The number of rotatable bonds is 6. The highest BCUT2D eigenvalue weighted by atomic mass is 16.5. The Labute approximate surface area is 175 Å². The third-order valence-electron chi connectivity index (χ3n) is 4.56. The first-order valence-electron chi connectivity index (χ1n) is 9.42. The van der Waals surface area contributed by atoms with E-state index < -0.39 is 0 Å². The lowest BCUT2D eigenvalue weighted by molar-refractivity contribution is 0.102. The Morgan fingerprint density at radius 3 is 2.63 bits per heavy atom. The fourth-order valence-electron chi connectivity index (χ4n) is 2.99. The monoisotopic (exact) mass is 396 g/mol. The van der Waals surface area contributed by atoms with E-state index in [0.29, 0.717) is 40.4 Å². The largest absolute Gasteiger partial charge is 0.456 e. The predicted octanol–water partition coefficient (Wildman–Crippen LogP) is 5.20. The average Bonchev–Trinajstić information content (AvgIpc) is 2.76. The molecular formula is C24H20N4O2. The molecule has 0 aliphatic carbocycles. The van der Waals surface area contributed by atoms with Crippen molar-refractivity contribution >= 4 is 17.3 Å². The molecule has 0 radical (unpaired) electrons. The maximum absolute atomic E-state index is 12.7. The summed E-state index contributed by atoms with van der Waals surface area (Å²) in [6.45, 7) is 1.94. The molecule has 6 nitrogen and oxygen atoms in total. The number of anilines is 2. The smallest absolute Gasteiger partial charge is 0.255 e. The minimum absolute atomic E-state index is 0.247. The van der Waals surface area contributed by atoms with Crippen molar-refractivity contribution in [2.45, 2.75) is 19.3 Å². The van der Waals surface area contributed by atoms with E-state index in [9.17, 15) is 15.3 Å². The molecule has 3 aromatic carbocycles. The lowest BCUT2D eigenvalue weighted by Gasteiger charge is -2.11. The van der Waals surface area contributed by atoms with Crippen LogP contribution in [0.3, 0.4) is 0 Å². The van der Waals surface area contributed by atoms with Crippen molar-refractivity contribution in [3.05, 3.63) is 83.4 Å². The van der Waals surface area contributed by atoms with Gasteiger partial charge in [0.05, 0.1) is 17.6 Å². The van der Waals surface area contributed by atoms with Crippen LogP contribution in [0.4, 0.5) is 11.4 Å². The number of nitrogens with one attached hydrogen (secondary N) is 1. The SMILES string of the molecule is CCC(C#N)c1cccc(C(=O)Nc2cccc(Oc3ccc(N)cc3C#N)c2)c1. The van der Waals surface area contributed by atoms with E-state index in [0.717, 1.165) is 5.56 Å². The summed E-state index contributed by atoms with van der Waals surface area (Å²) in [5.74, 6) is 0.319. The van der Waals surface area contributed by atoms with E-state index in [2.05, 4.69) is 17.5 Å². The van der Waals surface area contributed by atoms with Crippen molar-refractivity contribution in [1.82, 2.24) is 0 Å². The summed E-state index contributed by atoms with van der Waals surface area (Å²) >= 11 is 0. The number of hydrogen-bond acceptors (Lipinski definition) is 5. The summed E-state index contributed by atoms with van der Waals surface area (Å²) in [6.07, 6.45) is 0.677. The Kier molecular flexibility index (Phi) is 6.32. The molecule has 1 atom stereocenters. The first-order chi connectivity index (χ1) is 14.5. The van der Waals surface area contributed by atoms with Gasteiger partial charge in [-0.25, -0.2) is 0 Å². The van der Waals surface area contributed by atoms with E-state index in [1.165, 1.54) is 0 Å². The van der Waals surface area contributed by atoms with Gasteiger partial charge in [-0.1, -0.05) is 25.1 Å². The van der Waals surface area contributed by atoms with Gasteiger partial charge in [0.25, 0.3) is 5.91 Å². The number of amides is 1. The number of benzene rings is 3. The molecule has 0 aromatic heterocycles. The minimum atomic E-state index is -0.285. The highest BCUT2D eigenvalue weighted by Gasteiger charge is 2.12. The third kappa shape index (κ3) is 4.76. The van der Waals surface area contributed by atoms with Crippen molar-refractivity contribution < 1.29 is 9.53 Å². The van der Waals surface area contributed by atoms with Gasteiger partial charge in [-0.15, -0.1) is 0 Å². The summed E-state index contributed by atoms with van der Waals surface area (Å²) in [5, 5.41) is 21.3. The molecule has 3 N–H and O–H groups in total. The first-order valence-corrected chi connectivity index (χ1v) is 9.42. The van der Waals surface area contributed by atoms with Crippen molar-refractivity contribution in [2.24, 2.45) is 0 Å². The number of nitrogens with zero attached hydrogens (tertiary/aromatic N) is 2. The molecule has 0 heterocycles. The van der Waals surface area contributed by atoms with Crippen LogP contribution in [0.25, 0.3) is 0 Å². The van der Waals surface area contributed by atoms with Crippen LogP contribution >= 0.6 is 0 Å². The zero-order chi connectivity index (χ0) is 21.5. The molecule has 0 saturated heterocycles. The zero-order valence-electron chi connectivity index (χ0n) is 16.4. The molecule has 1 unspecified atom stereocenters. The van der Waals surface area contributed by atoms with Gasteiger partial charge >= 0.3 is 0 Å². The molecule has 148 valence electrons. The Balaban J connectivity index is 1.78. The number of carbonyl (C=O) groups is 1. The van der Waals surface area contributed by atoms with E-state index in [-0.39, 0.29) is 11.8 Å². The third-order valence-corrected chi connectivity index (χ3v) is 4.56. The van der Waals surface area contributed by atoms with Gasteiger partial charge in [0.15, 0.2) is 0 Å². The fraction of sp³-hybridized carbons (Fsp3) is 0.125. The maximum Gasteiger partial charge on any atom is 0.255 e. The Hall–Kier alpha value is -4.29. The lowest BCUT2D eigenvalue weighted by atomic mass is 9.96. The molecule has 0 saturated carbocycles. The summed E-state index contributed by atoms with van der Waals surface area (Å²) in [7, 11) is 0. The zero-order valence-corrected chi connectivity index (χ0v) is 16.4. The van der Waals surface area contributed by atoms with E-state index in [4.69, 9.17) is 10.5 Å². The number of nitrogen functional groups attached to an aromatic ring is 1. The molecule has 0 aliphatic heterocycles. The number of nitrogens with two attached hydrogens (primary N) is 1. The van der Waals surface area contributed by atoms with Crippen molar-refractivity contribution in [3.8, 4) is 23.6 Å². The molecule has 6 heteroatoms. The fourth-order valence-corrected chi connectivity index (χ4v) is 2.99. The average molecular weight is 396 g/mol. The van der Waals surface area contributed by atoms with Gasteiger partial charge in [0.2, 0.25) is 0 Å². The molecule has 0 spiro atoms. The highest BCUT2D eigenvalue weighted by molar-refractivity contribution is 6.04. The maximum atomic E-state index is 12.7. The van der Waals surface area contributed by atoms with Gasteiger partial charge in [-0.2, -0.15) is 10.5 Å². The van der Waals surface area contributed by atoms with E-state index in [1.54, 1.807) is 60.7 Å². The molecule has 3 rings (SSSR count). The summed E-state index contributed by atoms with van der Waals surface area (Å²) < 4.78 is 5.80. The quantitative estimate of drug-likeness (QED) is 0.556. The van der Waals surface area contributed by atoms with Crippen LogP contribution in [0.1, 0.15) is 40.7 Å². The van der Waals surface area contributed by atoms with Crippen molar-refractivity contribution in [1.29, 1.82) is 10.5 Å².